The summed E-state index contributed by atoms with van der Waals surface area (Å²) >= 11 is 0. The highest BCUT2D eigenvalue weighted by Crippen LogP contribution is 2.07. The van der Waals surface area contributed by atoms with E-state index < -0.39 is 0 Å². The Morgan fingerprint density at radius 2 is 2.14 bits per heavy atom. The molecule has 2 heterocycles. The van der Waals surface area contributed by atoms with E-state index in [1.807, 2.05) is 28.9 Å². The average Bonchev–Trinajstić information content (AvgIpc) is 2.46. The van der Waals surface area contributed by atoms with Crippen LogP contribution in [0.3, 0.4) is 0 Å². The Labute approximate surface area is 95.1 Å². The van der Waals surface area contributed by atoms with E-state index in [1.54, 1.807) is 0 Å². The van der Waals surface area contributed by atoms with Crippen molar-refractivity contribution in [2.24, 2.45) is 5.73 Å². The van der Waals surface area contributed by atoms with E-state index in [1.165, 1.54) is 5.56 Å². The summed E-state index contributed by atoms with van der Waals surface area (Å²) in [5, 5.41) is 0. The lowest BCUT2D eigenvalue weighted by Crippen LogP contribution is -2.00. The molecule has 0 bridgehead atoms. The van der Waals surface area contributed by atoms with Gasteiger partial charge in [0.2, 0.25) is 0 Å². The van der Waals surface area contributed by atoms with Crippen LogP contribution in [0.1, 0.15) is 11.3 Å². The summed E-state index contributed by atoms with van der Waals surface area (Å²) in [5.41, 5.74) is 8.77. The Bertz CT molecular complexity index is 411. The van der Waals surface area contributed by atoms with Gasteiger partial charge in [-0.3, -0.25) is 0 Å². The lowest BCUT2D eigenvalue weighted by molar-refractivity contribution is 0.958. The molecule has 0 fully saturated rings. The van der Waals surface area contributed by atoms with Crippen LogP contribution < -0.4 is 5.73 Å². The van der Waals surface area contributed by atoms with Gasteiger partial charge in [0.15, 0.2) is 0 Å². The third-order valence-electron chi connectivity index (χ3n) is 1.95. The molecule has 0 radical (unpaired) electrons. The number of pyridine rings is 1. The second-order valence-electron chi connectivity index (χ2n) is 2.89. The van der Waals surface area contributed by atoms with E-state index in [0.717, 1.165) is 11.3 Å². The Kier molecular flexibility index (Phi) is 4.91. The highest BCUT2D eigenvalue weighted by Gasteiger charge is 1.99. The largest absolute Gasteiger partial charge is 0.325 e. The van der Waals surface area contributed by atoms with Crippen LogP contribution in [-0.4, -0.2) is 9.38 Å². The molecule has 3 nitrogen and oxygen atoms in total. The number of imidazole rings is 1. The number of aromatic nitrogens is 2. The molecule has 2 rings (SSSR count). The summed E-state index contributed by atoms with van der Waals surface area (Å²) in [6.07, 6.45) is 3.81. The van der Waals surface area contributed by atoms with Gasteiger partial charge in [0.05, 0.1) is 11.9 Å². The molecule has 2 aromatic rings. The van der Waals surface area contributed by atoms with Crippen LogP contribution in [0.15, 0.2) is 24.5 Å². The molecule has 0 aliphatic rings. The van der Waals surface area contributed by atoms with Crippen molar-refractivity contribution in [3.8, 4) is 0 Å². The second kappa shape index (κ2) is 5.20. The fraction of sp³-hybridized carbons (Fsp3) is 0.222. The molecule has 14 heavy (non-hydrogen) atoms. The van der Waals surface area contributed by atoms with Gasteiger partial charge in [-0.1, -0.05) is 0 Å². The zero-order valence-electron chi connectivity index (χ0n) is 7.80. The summed E-state index contributed by atoms with van der Waals surface area (Å²) in [6.45, 7) is 2.58. The Morgan fingerprint density at radius 1 is 1.43 bits per heavy atom. The van der Waals surface area contributed by atoms with Gasteiger partial charge in [0, 0.05) is 12.7 Å². The molecule has 0 saturated heterocycles. The van der Waals surface area contributed by atoms with Gasteiger partial charge in [0.1, 0.15) is 5.65 Å². The smallest absolute Gasteiger partial charge is 0.137 e. The van der Waals surface area contributed by atoms with Gasteiger partial charge in [0.25, 0.3) is 0 Å². The minimum Gasteiger partial charge on any atom is -0.325 e. The maximum absolute atomic E-state index is 5.54. The first-order valence-corrected chi connectivity index (χ1v) is 3.94. The maximum atomic E-state index is 5.54. The van der Waals surface area contributed by atoms with E-state index in [0.29, 0.717) is 6.54 Å². The third kappa shape index (κ3) is 2.18. The standard InChI is InChI=1S/C9H11N3.2ClH/c1-7-2-3-12-8(5-10)6-11-9(12)4-7;;/h2-4,6H,5,10H2,1H3;2*1H. The molecule has 0 spiro atoms. The van der Waals surface area contributed by atoms with Crippen molar-refractivity contribution in [3.63, 3.8) is 0 Å². The van der Waals surface area contributed by atoms with E-state index in [-0.39, 0.29) is 24.8 Å². The molecule has 0 aliphatic carbocycles. The van der Waals surface area contributed by atoms with Crippen LogP contribution in [0.4, 0.5) is 0 Å². The fourth-order valence-corrected chi connectivity index (χ4v) is 1.29. The van der Waals surface area contributed by atoms with E-state index >= 15 is 0 Å². The van der Waals surface area contributed by atoms with E-state index in [4.69, 9.17) is 5.73 Å². The van der Waals surface area contributed by atoms with Crippen molar-refractivity contribution in [3.05, 3.63) is 35.8 Å². The topological polar surface area (TPSA) is 43.3 Å². The number of halogens is 2. The van der Waals surface area contributed by atoms with Crippen molar-refractivity contribution >= 4 is 30.5 Å². The highest BCUT2D eigenvalue weighted by molar-refractivity contribution is 5.85. The number of nitrogens with zero attached hydrogens (tertiary/aromatic N) is 2. The number of hydrogen-bond donors (Lipinski definition) is 1. The molecular weight excluding hydrogens is 221 g/mol. The molecule has 0 aliphatic heterocycles. The van der Waals surface area contributed by atoms with Crippen LogP contribution in [0.5, 0.6) is 0 Å². The molecule has 0 unspecified atom stereocenters. The predicted molar refractivity (Wildman–Crippen MR) is 62.3 cm³/mol. The first-order chi connectivity index (χ1) is 5.81. The van der Waals surface area contributed by atoms with Crippen LogP contribution in [0.25, 0.3) is 5.65 Å². The predicted octanol–water partition coefficient (Wildman–Crippen LogP) is 1.95. The molecule has 0 aromatic carbocycles. The summed E-state index contributed by atoms with van der Waals surface area (Å²) in [7, 11) is 0. The van der Waals surface area contributed by atoms with Gasteiger partial charge >= 0.3 is 0 Å². The minimum absolute atomic E-state index is 0. The quantitative estimate of drug-likeness (QED) is 0.819. The monoisotopic (exact) mass is 233 g/mol. The summed E-state index contributed by atoms with van der Waals surface area (Å²) in [4.78, 5) is 4.23. The Balaban J connectivity index is 0.000000845. The first-order valence-electron chi connectivity index (χ1n) is 3.94. The molecule has 2 N–H and O–H groups in total. The van der Waals surface area contributed by atoms with Crippen molar-refractivity contribution < 1.29 is 0 Å². The zero-order valence-corrected chi connectivity index (χ0v) is 9.44. The zero-order chi connectivity index (χ0) is 8.55. The third-order valence-corrected chi connectivity index (χ3v) is 1.95. The van der Waals surface area contributed by atoms with Crippen LogP contribution >= 0.6 is 24.8 Å². The van der Waals surface area contributed by atoms with E-state index in [9.17, 15) is 0 Å². The summed E-state index contributed by atoms with van der Waals surface area (Å²) in [5.74, 6) is 0. The highest BCUT2D eigenvalue weighted by atomic mass is 35.5. The van der Waals surface area contributed by atoms with Gasteiger partial charge < -0.3 is 10.1 Å². The normalized spacial score (nSPS) is 9.29. The molecule has 78 valence electrons. The SMILES string of the molecule is Cc1ccn2c(CN)cnc2c1.Cl.Cl. The van der Waals surface area contributed by atoms with Crippen molar-refractivity contribution in [1.82, 2.24) is 9.38 Å². The number of aryl methyl sites for hydroxylation is 1. The summed E-state index contributed by atoms with van der Waals surface area (Å²) in [6, 6.07) is 4.09. The number of rotatable bonds is 1. The van der Waals surface area contributed by atoms with Gasteiger partial charge in [-0.05, 0) is 24.6 Å². The van der Waals surface area contributed by atoms with Gasteiger partial charge in [-0.2, -0.15) is 0 Å². The number of nitrogens with two attached hydrogens (primary N) is 1. The van der Waals surface area contributed by atoms with Crippen LogP contribution in [0.2, 0.25) is 0 Å². The van der Waals surface area contributed by atoms with Crippen LogP contribution in [0, 0.1) is 6.92 Å². The Morgan fingerprint density at radius 3 is 2.79 bits per heavy atom. The molecule has 0 saturated carbocycles. The van der Waals surface area contributed by atoms with Crippen LogP contribution in [-0.2, 0) is 6.54 Å². The van der Waals surface area contributed by atoms with Crippen molar-refractivity contribution in [2.75, 3.05) is 0 Å². The molecular formula is C9H13Cl2N3. The van der Waals surface area contributed by atoms with E-state index in [2.05, 4.69) is 11.9 Å². The minimum atomic E-state index is 0. The summed E-state index contributed by atoms with van der Waals surface area (Å²) < 4.78 is 2.01. The molecule has 0 amide bonds. The number of hydrogen-bond acceptors (Lipinski definition) is 2. The Hall–Kier alpha value is -0.770. The van der Waals surface area contributed by atoms with Crippen molar-refractivity contribution in [1.29, 1.82) is 0 Å². The maximum Gasteiger partial charge on any atom is 0.137 e. The molecule has 5 heteroatoms. The molecule has 2 aromatic heterocycles. The number of fused-ring (bicyclic) bond motifs is 1. The lowest BCUT2D eigenvalue weighted by Gasteiger charge is -1.98. The first kappa shape index (κ1) is 13.2. The average molecular weight is 234 g/mol. The molecule has 0 atom stereocenters. The lowest BCUT2D eigenvalue weighted by atomic mass is 10.3. The fourth-order valence-electron chi connectivity index (χ4n) is 1.29. The van der Waals surface area contributed by atoms with Gasteiger partial charge in [-0.25, -0.2) is 4.98 Å². The second-order valence-corrected chi connectivity index (χ2v) is 2.89. The van der Waals surface area contributed by atoms with Gasteiger partial charge in [-0.15, -0.1) is 24.8 Å². The van der Waals surface area contributed by atoms with Crippen molar-refractivity contribution in [2.45, 2.75) is 13.5 Å².